The minimum absolute atomic E-state index is 0.0131. The molecule has 0 aromatic carbocycles. The van der Waals surface area contributed by atoms with Gasteiger partial charge in [0, 0.05) is 0 Å². The van der Waals surface area contributed by atoms with E-state index in [1.165, 1.54) is 10.9 Å². The smallest absolute Gasteiger partial charge is 0.390 e. The largest absolute Gasteiger partial charge is 0.469 e. The summed E-state index contributed by atoms with van der Waals surface area (Å²) in [6, 6.07) is -0.634. The van der Waals surface area contributed by atoms with Crippen molar-refractivity contribution >= 4 is 19.5 Å². The third-order valence-corrected chi connectivity index (χ3v) is 4.46. The fraction of sp³-hybridized carbons (Fsp3) is 0.636. The van der Waals surface area contributed by atoms with E-state index in [9.17, 15) is 19.6 Å². The Kier molecular flexibility index (Phi) is 5.09. The van der Waals surface area contributed by atoms with E-state index in [4.69, 9.17) is 21.3 Å². The quantitative estimate of drug-likeness (QED) is 0.326. The molecule has 1 heterocycles. The van der Waals surface area contributed by atoms with Gasteiger partial charge in [-0.3, -0.25) is 9.32 Å². The number of aromatic nitrogens is 2. The van der Waals surface area contributed by atoms with Crippen LogP contribution < -0.4 is 11.5 Å². The number of anilines is 1. The predicted molar refractivity (Wildman–Crippen MR) is 76.9 cm³/mol. The third kappa shape index (κ3) is 3.89. The number of nitrogens with two attached hydrogens (primary N) is 2. The highest BCUT2D eigenvalue weighted by Crippen LogP contribution is 2.41. The zero-order chi connectivity index (χ0) is 17.4. The molecule has 0 spiro atoms. The number of amides is 1. The van der Waals surface area contributed by atoms with E-state index in [2.05, 4.69) is 9.51 Å². The second-order valence-electron chi connectivity index (χ2n) is 5.41. The van der Waals surface area contributed by atoms with E-state index in [1.807, 2.05) is 0 Å². The average molecular weight is 350 g/mol. The molecule has 0 radical (unpaired) electrons. The van der Waals surface area contributed by atoms with Crippen molar-refractivity contribution in [3.63, 3.8) is 0 Å². The van der Waals surface area contributed by atoms with Crippen LogP contribution in [0.4, 0.5) is 5.82 Å². The van der Waals surface area contributed by atoms with Crippen LogP contribution in [0.25, 0.3) is 0 Å². The fourth-order valence-corrected chi connectivity index (χ4v) is 3.15. The van der Waals surface area contributed by atoms with E-state index in [-0.39, 0.29) is 31.0 Å². The molecule has 4 unspecified atom stereocenters. The molecular weight excluding hydrogens is 331 g/mol. The molecular formula is C11H19N4O7P. The van der Waals surface area contributed by atoms with Crippen LogP contribution >= 0.6 is 7.82 Å². The number of phosphoric ester groups is 1. The number of nitrogens with zero attached hydrogens (tertiary/aromatic N) is 2. The van der Waals surface area contributed by atoms with Gasteiger partial charge in [-0.25, -0.2) is 9.55 Å². The van der Waals surface area contributed by atoms with E-state index in [0.717, 1.165) is 0 Å². The molecule has 1 amide bonds. The highest BCUT2D eigenvalue weighted by atomic mass is 31.2. The lowest BCUT2D eigenvalue weighted by Crippen LogP contribution is -2.30. The number of nitrogen functional groups attached to an aromatic ring is 1. The van der Waals surface area contributed by atoms with Crippen molar-refractivity contribution in [2.24, 2.45) is 11.7 Å². The van der Waals surface area contributed by atoms with Crippen LogP contribution in [0.15, 0.2) is 6.33 Å². The van der Waals surface area contributed by atoms with E-state index >= 15 is 0 Å². The second kappa shape index (κ2) is 6.56. The van der Waals surface area contributed by atoms with Gasteiger partial charge in [-0.05, 0) is 18.8 Å². The molecule has 2 rings (SSSR count). The van der Waals surface area contributed by atoms with Crippen molar-refractivity contribution < 1.29 is 33.9 Å². The molecule has 1 saturated carbocycles. The van der Waals surface area contributed by atoms with Gasteiger partial charge < -0.3 is 36.0 Å². The van der Waals surface area contributed by atoms with Gasteiger partial charge >= 0.3 is 7.82 Å². The molecule has 4 atom stereocenters. The van der Waals surface area contributed by atoms with Gasteiger partial charge in [-0.2, -0.15) is 0 Å². The van der Waals surface area contributed by atoms with Gasteiger partial charge in [0.25, 0.3) is 5.91 Å². The monoisotopic (exact) mass is 350 g/mol. The number of hydrogen-bond donors (Lipinski definition) is 6. The molecule has 12 heteroatoms. The number of primary amides is 1. The molecule has 0 aliphatic heterocycles. The van der Waals surface area contributed by atoms with Crippen LogP contribution in [-0.4, -0.2) is 54.3 Å². The maximum absolute atomic E-state index is 11.2. The molecule has 1 aromatic heterocycles. The average Bonchev–Trinajstić information content (AvgIpc) is 2.92. The molecule has 11 nitrogen and oxygen atoms in total. The maximum atomic E-state index is 11.2. The zero-order valence-corrected chi connectivity index (χ0v) is 12.9. The number of carbonyl (C=O) groups is 1. The van der Waals surface area contributed by atoms with Crippen molar-refractivity contribution in [1.29, 1.82) is 0 Å². The van der Waals surface area contributed by atoms with E-state index < -0.39 is 37.9 Å². The van der Waals surface area contributed by atoms with Crippen molar-refractivity contribution in [1.82, 2.24) is 9.55 Å². The molecule has 1 aliphatic rings. The van der Waals surface area contributed by atoms with Crippen molar-refractivity contribution in [2.75, 3.05) is 12.3 Å². The number of phosphoric acid groups is 1. The van der Waals surface area contributed by atoms with Crippen LogP contribution in [0.1, 0.15) is 29.4 Å². The van der Waals surface area contributed by atoms with Crippen molar-refractivity contribution in [3.05, 3.63) is 12.0 Å². The van der Waals surface area contributed by atoms with Crippen molar-refractivity contribution in [3.8, 4) is 0 Å². The Morgan fingerprint density at radius 2 is 2.09 bits per heavy atom. The summed E-state index contributed by atoms with van der Waals surface area (Å²) in [5.74, 6) is -1.28. The summed E-state index contributed by atoms with van der Waals surface area (Å²) >= 11 is 0. The fourth-order valence-electron chi connectivity index (χ4n) is 2.81. The standard InChI is InChI=1S/C11H19N4O7P/c12-10-7(11(13)18)14-4-15(10)6-3-5(8(16)9(6)17)1-2-22-23(19,20)21/h4-6,8-9,16-17H,1-3,12H2,(H2,13,18)(H2,19,20,21). The summed E-state index contributed by atoms with van der Waals surface area (Å²) in [5, 5.41) is 20.2. The van der Waals surface area contributed by atoms with Gasteiger partial charge in [-0.15, -0.1) is 0 Å². The summed E-state index contributed by atoms with van der Waals surface area (Å²) in [4.78, 5) is 32.2. The van der Waals surface area contributed by atoms with Gasteiger partial charge in [-0.1, -0.05) is 0 Å². The number of rotatable bonds is 6. The Bertz CT molecular complexity index is 630. The van der Waals surface area contributed by atoms with E-state index in [0.29, 0.717) is 0 Å². The first kappa shape index (κ1) is 17.9. The summed E-state index contributed by atoms with van der Waals surface area (Å²) in [6.45, 7) is -0.266. The number of hydrogen-bond acceptors (Lipinski definition) is 7. The third-order valence-electron chi connectivity index (χ3n) is 3.94. The highest BCUT2D eigenvalue weighted by Gasteiger charge is 2.43. The Morgan fingerprint density at radius 3 is 2.61 bits per heavy atom. The Morgan fingerprint density at radius 1 is 1.43 bits per heavy atom. The summed E-state index contributed by atoms with van der Waals surface area (Å²) in [7, 11) is -4.58. The van der Waals surface area contributed by atoms with Crippen LogP contribution in [0.2, 0.25) is 0 Å². The minimum Gasteiger partial charge on any atom is -0.390 e. The number of aliphatic hydroxyl groups excluding tert-OH is 2. The second-order valence-corrected chi connectivity index (χ2v) is 6.65. The first-order chi connectivity index (χ1) is 10.6. The van der Waals surface area contributed by atoms with E-state index in [1.54, 1.807) is 0 Å². The predicted octanol–water partition coefficient (Wildman–Crippen LogP) is -1.65. The first-order valence-corrected chi connectivity index (χ1v) is 8.33. The van der Waals surface area contributed by atoms with Gasteiger partial charge in [0.15, 0.2) is 5.69 Å². The molecule has 1 aliphatic carbocycles. The summed E-state index contributed by atoms with van der Waals surface area (Å²) in [6.07, 6.45) is -0.640. The van der Waals surface area contributed by atoms with Crippen LogP contribution in [0.5, 0.6) is 0 Å². The zero-order valence-electron chi connectivity index (χ0n) is 12.0. The first-order valence-electron chi connectivity index (χ1n) is 6.80. The molecule has 8 N–H and O–H groups in total. The highest BCUT2D eigenvalue weighted by molar-refractivity contribution is 7.46. The normalized spacial score (nSPS) is 28.2. The Hall–Kier alpha value is -1.49. The molecule has 1 aromatic rings. The molecule has 0 saturated heterocycles. The molecule has 23 heavy (non-hydrogen) atoms. The summed E-state index contributed by atoms with van der Waals surface area (Å²) < 4.78 is 16.3. The lowest BCUT2D eigenvalue weighted by Gasteiger charge is -2.19. The number of imidazole rings is 1. The Labute approximate surface area is 131 Å². The summed E-state index contributed by atoms with van der Waals surface area (Å²) in [5.41, 5.74) is 10.8. The topological polar surface area (TPSA) is 194 Å². The molecule has 0 bridgehead atoms. The van der Waals surface area contributed by atoms with Crippen LogP contribution in [0, 0.1) is 5.92 Å². The van der Waals surface area contributed by atoms with Gasteiger partial charge in [0.2, 0.25) is 0 Å². The van der Waals surface area contributed by atoms with Crippen LogP contribution in [-0.2, 0) is 9.09 Å². The van der Waals surface area contributed by atoms with Crippen molar-refractivity contribution in [2.45, 2.75) is 31.1 Å². The Balaban J connectivity index is 2.08. The number of aliphatic hydroxyl groups is 2. The SMILES string of the molecule is NC(=O)c1ncn(C2CC(CCOP(=O)(O)O)C(O)C2O)c1N. The van der Waals surface area contributed by atoms with Gasteiger partial charge in [0.1, 0.15) is 11.9 Å². The lowest BCUT2D eigenvalue weighted by molar-refractivity contribution is 0.00253. The van der Waals surface area contributed by atoms with Crippen LogP contribution in [0.3, 0.4) is 0 Å². The number of carbonyl (C=O) groups excluding carboxylic acids is 1. The minimum atomic E-state index is -4.58. The lowest BCUT2D eigenvalue weighted by atomic mass is 10.0. The van der Waals surface area contributed by atoms with Gasteiger partial charge in [0.05, 0.1) is 25.1 Å². The molecule has 130 valence electrons. The molecule has 1 fully saturated rings. The maximum Gasteiger partial charge on any atom is 0.469 e.